The summed E-state index contributed by atoms with van der Waals surface area (Å²) in [6.07, 6.45) is -12.2. The number of carbonyl (C=O) groups excluding carboxylic acids is 1. The standard InChI is InChI=1S/C23H21ClF6N4O5S/c1-40(38,39)12-17(15-4-2-3-5-16(15)22(25,26)27)31-19(36)11-34-21(37)33(10-18(35)23(28,29)30)20(32-34)13-6-8-14(24)9-7-13/h2-9,17-18,35H,10-12H2,1H3,(H,31,36)/t17?,18-/m0/s1. The zero-order valence-corrected chi connectivity index (χ0v) is 21.9. The number of halogens is 7. The fourth-order valence-electron chi connectivity index (χ4n) is 3.74. The molecule has 9 nitrogen and oxygen atoms in total. The third-order valence-electron chi connectivity index (χ3n) is 5.50. The van der Waals surface area contributed by atoms with E-state index in [2.05, 4.69) is 10.4 Å². The number of aliphatic hydroxyl groups is 1. The summed E-state index contributed by atoms with van der Waals surface area (Å²) in [5, 5.41) is 15.8. The maximum Gasteiger partial charge on any atom is 0.416 e. The Balaban J connectivity index is 1.99. The van der Waals surface area contributed by atoms with Gasteiger partial charge in [-0.05, 0) is 35.9 Å². The number of alkyl halides is 6. The zero-order valence-electron chi connectivity index (χ0n) is 20.4. The number of amides is 1. The molecule has 0 aliphatic rings. The molecule has 17 heteroatoms. The maximum absolute atomic E-state index is 13.6. The SMILES string of the molecule is CS(=O)(=O)CC(NC(=O)Cn1nc(-c2ccc(Cl)cc2)n(C[C@H](O)C(F)(F)F)c1=O)c1ccccc1C(F)(F)F. The molecule has 3 aromatic rings. The molecule has 1 aromatic heterocycles. The highest BCUT2D eigenvalue weighted by atomic mass is 35.5. The van der Waals surface area contributed by atoms with Crippen LogP contribution in [0.25, 0.3) is 11.4 Å². The van der Waals surface area contributed by atoms with E-state index in [-0.39, 0.29) is 16.4 Å². The number of sulfone groups is 1. The highest BCUT2D eigenvalue weighted by Crippen LogP contribution is 2.35. The molecule has 1 heterocycles. The Bertz CT molecular complexity index is 1530. The van der Waals surface area contributed by atoms with E-state index >= 15 is 0 Å². The number of benzene rings is 2. The van der Waals surface area contributed by atoms with Crippen molar-refractivity contribution in [3.63, 3.8) is 0 Å². The molecule has 2 N–H and O–H groups in total. The predicted octanol–water partition coefficient (Wildman–Crippen LogP) is 3.21. The van der Waals surface area contributed by atoms with Crippen molar-refractivity contribution >= 4 is 27.3 Å². The second-order valence-corrected chi connectivity index (χ2v) is 11.4. The summed E-state index contributed by atoms with van der Waals surface area (Å²) >= 11 is 5.82. The molecule has 0 aliphatic heterocycles. The van der Waals surface area contributed by atoms with Gasteiger partial charge < -0.3 is 10.4 Å². The molecule has 1 amide bonds. The number of aromatic nitrogens is 3. The molecule has 40 heavy (non-hydrogen) atoms. The molecule has 218 valence electrons. The smallest absolute Gasteiger partial charge is 0.382 e. The van der Waals surface area contributed by atoms with Crippen LogP contribution in [-0.4, -0.2) is 58.1 Å². The zero-order chi connectivity index (χ0) is 30.0. The third-order valence-corrected chi connectivity index (χ3v) is 6.69. The number of hydrogen-bond donors (Lipinski definition) is 2. The van der Waals surface area contributed by atoms with Crippen molar-refractivity contribution < 1.29 is 44.7 Å². The average Bonchev–Trinajstić information content (AvgIpc) is 3.12. The Morgan fingerprint density at radius 3 is 2.23 bits per heavy atom. The molecular formula is C23H21ClF6N4O5S. The lowest BCUT2D eigenvalue weighted by atomic mass is 10.0. The van der Waals surface area contributed by atoms with Crippen LogP contribution in [0.1, 0.15) is 17.2 Å². The first-order valence-electron chi connectivity index (χ1n) is 11.2. The highest BCUT2D eigenvalue weighted by Gasteiger charge is 2.40. The van der Waals surface area contributed by atoms with Crippen LogP contribution in [0.4, 0.5) is 26.3 Å². The number of rotatable bonds is 9. The molecule has 3 rings (SSSR count). The topological polar surface area (TPSA) is 123 Å². The highest BCUT2D eigenvalue weighted by molar-refractivity contribution is 7.90. The summed E-state index contributed by atoms with van der Waals surface area (Å²) in [6.45, 7) is -2.28. The van der Waals surface area contributed by atoms with Gasteiger partial charge in [-0.25, -0.2) is 17.9 Å². The van der Waals surface area contributed by atoms with Crippen LogP contribution in [0.5, 0.6) is 0 Å². The quantitative estimate of drug-likeness (QED) is 0.357. The molecule has 0 saturated heterocycles. The van der Waals surface area contributed by atoms with Crippen LogP contribution in [0.2, 0.25) is 5.02 Å². The Morgan fingerprint density at radius 2 is 1.68 bits per heavy atom. The molecular weight excluding hydrogens is 594 g/mol. The van der Waals surface area contributed by atoms with Crippen molar-refractivity contribution in [1.82, 2.24) is 19.7 Å². The van der Waals surface area contributed by atoms with Gasteiger partial charge in [0.2, 0.25) is 5.91 Å². The van der Waals surface area contributed by atoms with Gasteiger partial charge in [-0.2, -0.15) is 26.3 Å². The summed E-state index contributed by atoms with van der Waals surface area (Å²) in [5.41, 5.74) is -2.90. The number of carbonyl (C=O) groups is 1. The van der Waals surface area contributed by atoms with E-state index in [0.29, 0.717) is 15.3 Å². The molecule has 0 bridgehead atoms. The first-order chi connectivity index (χ1) is 18.4. The first-order valence-corrected chi connectivity index (χ1v) is 13.6. The van der Waals surface area contributed by atoms with E-state index in [4.69, 9.17) is 11.6 Å². The van der Waals surface area contributed by atoms with E-state index in [1.54, 1.807) is 0 Å². The summed E-state index contributed by atoms with van der Waals surface area (Å²) in [7, 11) is -3.95. The van der Waals surface area contributed by atoms with Crippen LogP contribution in [0, 0.1) is 0 Å². The second-order valence-electron chi connectivity index (χ2n) is 8.74. The summed E-state index contributed by atoms with van der Waals surface area (Å²) in [5.74, 6) is -2.45. The lowest BCUT2D eigenvalue weighted by Gasteiger charge is -2.22. The van der Waals surface area contributed by atoms with E-state index in [0.717, 1.165) is 18.4 Å². The van der Waals surface area contributed by atoms with Crippen LogP contribution < -0.4 is 11.0 Å². The van der Waals surface area contributed by atoms with Crippen molar-refractivity contribution in [2.24, 2.45) is 0 Å². The monoisotopic (exact) mass is 614 g/mol. The minimum atomic E-state index is -5.10. The average molecular weight is 615 g/mol. The normalized spacial score (nSPS) is 14.1. The van der Waals surface area contributed by atoms with E-state index in [1.807, 2.05) is 0 Å². The number of aliphatic hydroxyl groups excluding tert-OH is 1. The molecule has 1 unspecified atom stereocenters. The van der Waals surface area contributed by atoms with E-state index < -0.39 is 75.9 Å². The lowest BCUT2D eigenvalue weighted by molar-refractivity contribution is -0.207. The van der Waals surface area contributed by atoms with Gasteiger partial charge in [0, 0.05) is 16.8 Å². The van der Waals surface area contributed by atoms with E-state index in [9.17, 15) is 49.5 Å². The van der Waals surface area contributed by atoms with Crippen molar-refractivity contribution in [3.05, 3.63) is 75.2 Å². The largest absolute Gasteiger partial charge is 0.416 e. The van der Waals surface area contributed by atoms with E-state index in [1.165, 1.54) is 30.3 Å². The molecule has 0 aliphatic carbocycles. The minimum Gasteiger partial charge on any atom is -0.382 e. The molecule has 0 fully saturated rings. The Morgan fingerprint density at radius 1 is 1.07 bits per heavy atom. The van der Waals surface area contributed by atoms with Gasteiger partial charge in [0.05, 0.1) is 23.9 Å². The van der Waals surface area contributed by atoms with Gasteiger partial charge in [-0.3, -0.25) is 9.36 Å². The number of nitrogens with one attached hydrogen (secondary N) is 1. The Labute approximate surface area is 227 Å². The van der Waals surface area contributed by atoms with Gasteiger partial charge in [0.1, 0.15) is 16.4 Å². The summed E-state index contributed by atoms with van der Waals surface area (Å²) < 4.78 is 105. The summed E-state index contributed by atoms with van der Waals surface area (Å²) in [6, 6.07) is 7.62. The molecule has 2 aromatic carbocycles. The van der Waals surface area contributed by atoms with Crippen molar-refractivity contribution in [3.8, 4) is 11.4 Å². The van der Waals surface area contributed by atoms with Gasteiger partial charge in [-0.1, -0.05) is 29.8 Å². The Hall–Kier alpha value is -3.37. The molecule has 0 spiro atoms. The minimum absolute atomic E-state index is 0.101. The first kappa shape index (κ1) is 31.2. The van der Waals surface area contributed by atoms with Gasteiger partial charge in [0.25, 0.3) is 0 Å². The number of nitrogens with zero attached hydrogens (tertiary/aromatic N) is 3. The van der Waals surface area contributed by atoms with Crippen LogP contribution >= 0.6 is 11.6 Å². The lowest BCUT2D eigenvalue weighted by Crippen LogP contribution is -2.40. The van der Waals surface area contributed by atoms with Crippen LogP contribution in [0.15, 0.2) is 53.3 Å². The van der Waals surface area contributed by atoms with Crippen molar-refractivity contribution in [2.45, 2.75) is 37.6 Å². The Kier molecular flexibility index (Phi) is 9.06. The molecule has 0 radical (unpaired) electrons. The molecule has 2 atom stereocenters. The third kappa shape index (κ3) is 7.85. The van der Waals surface area contributed by atoms with Crippen molar-refractivity contribution in [2.75, 3.05) is 12.0 Å². The van der Waals surface area contributed by atoms with Crippen molar-refractivity contribution in [1.29, 1.82) is 0 Å². The summed E-state index contributed by atoms with van der Waals surface area (Å²) in [4.78, 5) is 25.8. The van der Waals surface area contributed by atoms with Crippen LogP contribution in [0.3, 0.4) is 0 Å². The second kappa shape index (κ2) is 11.6. The van der Waals surface area contributed by atoms with Gasteiger partial charge >= 0.3 is 18.0 Å². The maximum atomic E-state index is 13.6. The van der Waals surface area contributed by atoms with Crippen LogP contribution in [-0.2, 0) is 33.9 Å². The van der Waals surface area contributed by atoms with Gasteiger partial charge in [0.15, 0.2) is 11.9 Å². The van der Waals surface area contributed by atoms with Gasteiger partial charge in [-0.15, -0.1) is 5.10 Å². The number of hydrogen-bond acceptors (Lipinski definition) is 6. The fraction of sp³-hybridized carbons (Fsp3) is 0.348. The predicted molar refractivity (Wildman–Crippen MR) is 131 cm³/mol. The molecule has 0 saturated carbocycles. The fourth-order valence-corrected chi connectivity index (χ4v) is 4.74.